The molecule has 3 heteroatoms. The van der Waals surface area contributed by atoms with E-state index in [1.165, 1.54) is 6.07 Å². The van der Waals surface area contributed by atoms with Crippen LogP contribution < -0.4 is 0 Å². The Bertz CT molecular complexity index is 429. The first-order valence-corrected chi connectivity index (χ1v) is 4.19. The van der Waals surface area contributed by atoms with E-state index in [4.69, 9.17) is 0 Å². The van der Waals surface area contributed by atoms with Crippen LogP contribution in [-0.4, -0.2) is 9.78 Å². The summed E-state index contributed by atoms with van der Waals surface area (Å²) in [5, 5.41) is 5.25. The Hall–Kier alpha value is -1.38. The Morgan fingerprint density at radius 2 is 2.00 bits per heavy atom. The molecule has 2 rings (SSSR count). The third-order valence-corrected chi connectivity index (χ3v) is 2.32. The number of aromatic nitrogens is 2. The van der Waals surface area contributed by atoms with Gasteiger partial charge in [-0.3, -0.25) is 4.68 Å². The summed E-state index contributed by atoms with van der Waals surface area (Å²) in [5.41, 5.74) is 2.46. The molecule has 0 fully saturated rings. The minimum Gasteiger partial charge on any atom is -0.268 e. The van der Waals surface area contributed by atoms with Gasteiger partial charge in [-0.2, -0.15) is 5.10 Å². The first-order chi connectivity index (χ1) is 6.09. The summed E-state index contributed by atoms with van der Waals surface area (Å²) in [6.07, 6.45) is 0. The van der Waals surface area contributed by atoms with Crippen LogP contribution in [0.1, 0.15) is 11.3 Å². The highest BCUT2D eigenvalue weighted by molar-refractivity contribution is 5.82. The molecule has 1 aromatic heterocycles. The lowest BCUT2D eigenvalue weighted by Gasteiger charge is -1.97. The molecule has 0 saturated heterocycles. The van der Waals surface area contributed by atoms with E-state index in [9.17, 15) is 4.39 Å². The summed E-state index contributed by atoms with van der Waals surface area (Å²) >= 11 is 0. The average molecular weight is 178 g/mol. The van der Waals surface area contributed by atoms with Crippen molar-refractivity contribution in [2.24, 2.45) is 7.05 Å². The molecule has 0 saturated carbocycles. The summed E-state index contributed by atoms with van der Waals surface area (Å²) in [5.74, 6) is -0.171. The molecule has 0 aliphatic heterocycles. The van der Waals surface area contributed by atoms with E-state index in [0.29, 0.717) is 5.56 Å². The number of hydrogen-bond donors (Lipinski definition) is 0. The van der Waals surface area contributed by atoms with E-state index < -0.39 is 0 Å². The van der Waals surface area contributed by atoms with Crippen LogP contribution in [0.2, 0.25) is 0 Å². The van der Waals surface area contributed by atoms with Crippen molar-refractivity contribution in [1.29, 1.82) is 0 Å². The second-order valence-electron chi connectivity index (χ2n) is 3.33. The van der Waals surface area contributed by atoms with Crippen molar-refractivity contribution in [2.75, 3.05) is 0 Å². The maximum atomic E-state index is 13.2. The normalized spacial score (nSPS) is 11.1. The molecule has 0 aliphatic rings. The Morgan fingerprint density at radius 3 is 2.69 bits per heavy atom. The number of hydrogen-bond acceptors (Lipinski definition) is 1. The van der Waals surface area contributed by atoms with E-state index in [0.717, 1.165) is 16.6 Å². The van der Waals surface area contributed by atoms with Gasteiger partial charge >= 0.3 is 0 Å². The second-order valence-corrected chi connectivity index (χ2v) is 3.33. The van der Waals surface area contributed by atoms with Gasteiger partial charge in [0.05, 0.1) is 11.2 Å². The van der Waals surface area contributed by atoms with Crippen molar-refractivity contribution in [3.05, 3.63) is 29.2 Å². The Labute approximate surface area is 76.0 Å². The van der Waals surface area contributed by atoms with Gasteiger partial charge in [-0.05, 0) is 25.5 Å². The SMILES string of the molecule is Cc1cc2c(C)nn(C)c2cc1F. The van der Waals surface area contributed by atoms with Gasteiger partial charge in [0.2, 0.25) is 0 Å². The lowest BCUT2D eigenvalue weighted by Crippen LogP contribution is -1.90. The van der Waals surface area contributed by atoms with Gasteiger partial charge in [0.1, 0.15) is 5.82 Å². The highest BCUT2D eigenvalue weighted by Crippen LogP contribution is 2.20. The molecular weight excluding hydrogens is 167 g/mol. The molecule has 1 aromatic carbocycles. The Morgan fingerprint density at radius 1 is 1.31 bits per heavy atom. The van der Waals surface area contributed by atoms with E-state index in [1.54, 1.807) is 11.6 Å². The largest absolute Gasteiger partial charge is 0.268 e. The fourth-order valence-electron chi connectivity index (χ4n) is 1.56. The topological polar surface area (TPSA) is 17.8 Å². The predicted octanol–water partition coefficient (Wildman–Crippen LogP) is 2.33. The molecular formula is C10H11FN2. The van der Waals surface area contributed by atoms with Crippen molar-refractivity contribution >= 4 is 10.9 Å². The van der Waals surface area contributed by atoms with E-state index >= 15 is 0 Å². The van der Waals surface area contributed by atoms with Gasteiger partial charge in [-0.1, -0.05) is 0 Å². The van der Waals surface area contributed by atoms with Crippen molar-refractivity contribution in [2.45, 2.75) is 13.8 Å². The van der Waals surface area contributed by atoms with Crippen LogP contribution in [0, 0.1) is 19.7 Å². The third kappa shape index (κ3) is 1.11. The molecule has 0 radical (unpaired) electrons. The molecule has 0 spiro atoms. The number of benzene rings is 1. The van der Waals surface area contributed by atoms with Gasteiger partial charge in [0, 0.05) is 18.5 Å². The number of fused-ring (bicyclic) bond motifs is 1. The highest BCUT2D eigenvalue weighted by Gasteiger charge is 2.07. The molecule has 0 atom stereocenters. The third-order valence-electron chi connectivity index (χ3n) is 2.32. The zero-order chi connectivity index (χ0) is 9.59. The molecule has 0 N–H and O–H groups in total. The molecule has 0 bridgehead atoms. The molecule has 13 heavy (non-hydrogen) atoms. The quantitative estimate of drug-likeness (QED) is 0.605. The minimum atomic E-state index is -0.171. The Balaban J connectivity index is 2.91. The average Bonchev–Trinajstić information content (AvgIpc) is 2.31. The first-order valence-electron chi connectivity index (χ1n) is 4.19. The van der Waals surface area contributed by atoms with Crippen molar-refractivity contribution in [3.8, 4) is 0 Å². The molecule has 0 unspecified atom stereocenters. The number of aryl methyl sites for hydroxylation is 3. The molecule has 0 amide bonds. The van der Waals surface area contributed by atoms with Crippen molar-refractivity contribution in [3.63, 3.8) is 0 Å². The fourth-order valence-corrected chi connectivity index (χ4v) is 1.56. The zero-order valence-corrected chi connectivity index (χ0v) is 7.93. The van der Waals surface area contributed by atoms with E-state index in [-0.39, 0.29) is 5.82 Å². The minimum absolute atomic E-state index is 0.171. The maximum absolute atomic E-state index is 13.2. The number of rotatable bonds is 0. The van der Waals surface area contributed by atoms with Crippen LogP contribution in [0.3, 0.4) is 0 Å². The lowest BCUT2D eigenvalue weighted by atomic mass is 10.1. The van der Waals surface area contributed by atoms with E-state index in [1.807, 2.05) is 20.0 Å². The predicted molar refractivity (Wildman–Crippen MR) is 50.1 cm³/mol. The molecule has 2 nitrogen and oxygen atoms in total. The monoisotopic (exact) mass is 178 g/mol. The number of halogens is 1. The lowest BCUT2D eigenvalue weighted by molar-refractivity contribution is 0.619. The van der Waals surface area contributed by atoms with Gasteiger partial charge in [0.15, 0.2) is 0 Å². The smallest absolute Gasteiger partial charge is 0.128 e. The maximum Gasteiger partial charge on any atom is 0.128 e. The summed E-state index contributed by atoms with van der Waals surface area (Å²) in [7, 11) is 1.82. The van der Waals surface area contributed by atoms with Crippen LogP contribution in [0.5, 0.6) is 0 Å². The van der Waals surface area contributed by atoms with Crippen LogP contribution >= 0.6 is 0 Å². The molecule has 0 aliphatic carbocycles. The van der Waals surface area contributed by atoms with Gasteiger partial charge in [-0.15, -0.1) is 0 Å². The molecule has 1 heterocycles. The fraction of sp³-hybridized carbons (Fsp3) is 0.300. The molecule has 2 aromatic rings. The zero-order valence-electron chi connectivity index (χ0n) is 7.93. The first kappa shape index (κ1) is 8.23. The highest BCUT2D eigenvalue weighted by atomic mass is 19.1. The van der Waals surface area contributed by atoms with Crippen LogP contribution in [0.25, 0.3) is 10.9 Å². The van der Waals surface area contributed by atoms with Crippen LogP contribution in [0.15, 0.2) is 12.1 Å². The Kier molecular flexibility index (Phi) is 1.62. The van der Waals surface area contributed by atoms with Gasteiger partial charge < -0.3 is 0 Å². The van der Waals surface area contributed by atoms with Crippen molar-refractivity contribution in [1.82, 2.24) is 9.78 Å². The van der Waals surface area contributed by atoms with E-state index in [2.05, 4.69) is 5.10 Å². The summed E-state index contributed by atoms with van der Waals surface area (Å²) in [4.78, 5) is 0. The van der Waals surface area contributed by atoms with Crippen LogP contribution in [-0.2, 0) is 7.05 Å². The summed E-state index contributed by atoms with van der Waals surface area (Å²) in [6.45, 7) is 3.70. The van der Waals surface area contributed by atoms with Crippen molar-refractivity contribution < 1.29 is 4.39 Å². The number of nitrogens with zero attached hydrogens (tertiary/aromatic N) is 2. The molecule has 68 valence electrons. The van der Waals surface area contributed by atoms with Gasteiger partial charge in [0.25, 0.3) is 0 Å². The summed E-state index contributed by atoms with van der Waals surface area (Å²) in [6, 6.07) is 3.37. The standard InChI is InChI=1S/C10H11FN2/c1-6-4-8-7(2)12-13(3)10(8)5-9(6)11/h4-5H,1-3H3. The summed E-state index contributed by atoms with van der Waals surface area (Å²) < 4.78 is 14.9. The van der Waals surface area contributed by atoms with Gasteiger partial charge in [-0.25, -0.2) is 4.39 Å². The second kappa shape index (κ2) is 2.55. The van der Waals surface area contributed by atoms with Crippen LogP contribution in [0.4, 0.5) is 4.39 Å².